The summed E-state index contributed by atoms with van der Waals surface area (Å²) in [4.78, 5) is 27.2. The highest BCUT2D eigenvalue weighted by Crippen LogP contribution is 2.45. The fourth-order valence-electron chi connectivity index (χ4n) is 3.54. The van der Waals surface area contributed by atoms with Crippen LogP contribution in [0, 0.1) is 6.92 Å². The molecular weight excluding hydrogens is 408 g/mol. The van der Waals surface area contributed by atoms with Crippen LogP contribution in [0.3, 0.4) is 0 Å². The lowest BCUT2D eigenvalue weighted by atomic mass is 10.1. The van der Waals surface area contributed by atoms with Crippen molar-refractivity contribution in [1.29, 1.82) is 0 Å². The fourth-order valence-corrected chi connectivity index (χ4v) is 4.70. The van der Waals surface area contributed by atoms with Crippen LogP contribution in [0.5, 0.6) is 5.75 Å². The van der Waals surface area contributed by atoms with Crippen LogP contribution in [0.4, 0.5) is 11.4 Å². The van der Waals surface area contributed by atoms with Crippen molar-refractivity contribution in [2.24, 2.45) is 0 Å². The predicted octanol–water partition coefficient (Wildman–Crippen LogP) is 5.42. The fraction of sp³-hybridized carbons (Fsp3) is 0.200. The molecular formula is C25H24N2O3S. The van der Waals surface area contributed by atoms with Crippen LogP contribution in [-0.4, -0.2) is 24.2 Å². The highest BCUT2D eigenvalue weighted by Gasteiger charge is 2.35. The lowest BCUT2D eigenvalue weighted by Crippen LogP contribution is -2.28. The molecule has 0 spiro atoms. The van der Waals surface area contributed by atoms with Crippen LogP contribution in [0.25, 0.3) is 0 Å². The van der Waals surface area contributed by atoms with Gasteiger partial charge in [0, 0.05) is 11.3 Å². The number of amides is 2. The number of aryl methyl sites for hydroxylation is 1. The van der Waals surface area contributed by atoms with Gasteiger partial charge in [-0.2, -0.15) is 0 Å². The van der Waals surface area contributed by atoms with E-state index in [0.717, 1.165) is 16.8 Å². The molecule has 3 aromatic rings. The van der Waals surface area contributed by atoms with E-state index >= 15 is 0 Å². The second kappa shape index (κ2) is 9.27. The van der Waals surface area contributed by atoms with Gasteiger partial charge in [-0.3, -0.25) is 14.5 Å². The molecule has 1 heterocycles. The highest BCUT2D eigenvalue weighted by molar-refractivity contribution is 8.00. The Morgan fingerprint density at radius 1 is 1.10 bits per heavy atom. The molecule has 3 aromatic carbocycles. The molecule has 0 radical (unpaired) electrons. The third-order valence-corrected chi connectivity index (χ3v) is 6.25. The smallest absolute Gasteiger partial charge is 0.255 e. The van der Waals surface area contributed by atoms with Gasteiger partial charge in [0.05, 0.1) is 18.0 Å². The molecule has 6 heteroatoms. The molecule has 0 bridgehead atoms. The number of carbonyl (C=O) groups excluding carboxylic acids is 2. The predicted molar refractivity (Wildman–Crippen MR) is 126 cm³/mol. The third kappa shape index (κ3) is 4.59. The molecule has 0 aromatic heterocycles. The molecule has 1 N–H and O–H groups in total. The number of nitrogens with one attached hydrogen (secondary N) is 1. The number of rotatable bonds is 6. The summed E-state index contributed by atoms with van der Waals surface area (Å²) in [6.45, 7) is 4.44. The topological polar surface area (TPSA) is 58.6 Å². The first-order chi connectivity index (χ1) is 15.1. The maximum Gasteiger partial charge on any atom is 0.255 e. The van der Waals surface area contributed by atoms with Crippen LogP contribution >= 0.6 is 11.8 Å². The van der Waals surface area contributed by atoms with Gasteiger partial charge in [-0.1, -0.05) is 42.0 Å². The summed E-state index contributed by atoms with van der Waals surface area (Å²) in [6.07, 6.45) is 0. The Kier molecular flexibility index (Phi) is 6.28. The second-order valence-corrected chi connectivity index (χ2v) is 8.34. The average Bonchev–Trinajstić information content (AvgIpc) is 3.16. The molecule has 1 fully saturated rings. The number of hydrogen-bond donors (Lipinski definition) is 1. The number of benzene rings is 3. The van der Waals surface area contributed by atoms with E-state index in [4.69, 9.17) is 4.74 Å². The number of carbonyl (C=O) groups is 2. The van der Waals surface area contributed by atoms with Crippen LogP contribution in [0.1, 0.15) is 33.8 Å². The number of ether oxygens (including phenoxy) is 1. The van der Waals surface area contributed by atoms with E-state index in [1.807, 2.05) is 86.6 Å². The zero-order valence-corrected chi connectivity index (χ0v) is 18.3. The summed E-state index contributed by atoms with van der Waals surface area (Å²) >= 11 is 1.57. The lowest BCUT2D eigenvalue weighted by molar-refractivity contribution is -0.115. The summed E-state index contributed by atoms with van der Waals surface area (Å²) < 4.78 is 5.76. The number of anilines is 2. The minimum absolute atomic E-state index is 0.0382. The van der Waals surface area contributed by atoms with Crippen molar-refractivity contribution in [3.63, 3.8) is 0 Å². The molecule has 1 atom stereocenters. The van der Waals surface area contributed by atoms with Gasteiger partial charge < -0.3 is 10.1 Å². The van der Waals surface area contributed by atoms with Crippen molar-refractivity contribution < 1.29 is 14.3 Å². The number of thioether (sulfide) groups is 1. The maximum atomic E-state index is 12.8. The SMILES string of the molecule is CCOc1ccccc1N1C(=O)CS[C@H]1c1cccc(NC(=O)c2ccc(C)cc2)c1. The van der Waals surface area contributed by atoms with E-state index in [-0.39, 0.29) is 17.2 Å². The quantitative estimate of drug-likeness (QED) is 0.565. The Balaban J connectivity index is 1.60. The van der Waals surface area contributed by atoms with Crippen LogP contribution in [-0.2, 0) is 4.79 Å². The lowest BCUT2D eigenvalue weighted by Gasteiger charge is -2.26. The molecule has 1 aliphatic rings. The van der Waals surface area contributed by atoms with Gasteiger partial charge in [0.2, 0.25) is 5.91 Å². The number of para-hydroxylation sites is 2. The van der Waals surface area contributed by atoms with Gasteiger partial charge in [0.25, 0.3) is 5.91 Å². The molecule has 0 aliphatic carbocycles. The number of hydrogen-bond acceptors (Lipinski definition) is 4. The Bertz CT molecular complexity index is 1100. The molecule has 1 saturated heterocycles. The monoisotopic (exact) mass is 432 g/mol. The minimum Gasteiger partial charge on any atom is -0.492 e. The summed E-state index contributed by atoms with van der Waals surface area (Å²) in [5.41, 5.74) is 4.12. The van der Waals surface area contributed by atoms with Gasteiger partial charge in [-0.15, -0.1) is 11.8 Å². The maximum absolute atomic E-state index is 12.8. The molecule has 2 amide bonds. The summed E-state index contributed by atoms with van der Waals surface area (Å²) in [6, 6.07) is 22.7. The first-order valence-corrected chi connectivity index (χ1v) is 11.2. The van der Waals surface area contributed by atoms with Crippen molar-refractivity contribution in [3.05, 3.63) is 89.5 Å². The zero-order chi connectivity index (χ0) is 21.8. The van der Waals surface area contributed by atoms with E-state index < -0.39 is 0 Å². The summed E-state index contributed by atoms with van der Waals surface area (Å²) in [5, 5.41) is 2.77. The molecule has 1 aliphatic heterocycles. The van der Waals surface area contributed by atoms with Gasteiger partial charge in [-0.25, -0.2) is 0 Å². The molecule has 5 nitrogen and oxygen atoms in total. The zero-order valence-electron chi connectivity index (χ0n) is 17.5. The molecule has 4 rings (SSSR count). The Morgan fingerprint density at radius 2 is 1.87 bits per heavy atom. The average molecular weight is 433 g/mol. The van der Waals surface area contributed by atoms with Gasteiger partial charge in [0.1, 0.15) is 11.1 Å². The first kappa shape index (κ1) is 21.0. The summed E-state index contributed by atoms with van der Waals surface area (Å²) in [5.74, 6) is 0.960. The third-order valence-electron chi connectivity index (χ3n) is 5.04. The minimum atomic E-state index is -0.190. The molecule has 31 heavy (non-hydrogen) atoms. The standard InChI is InChI=1S/C25H24N2O3S/c1-3-30-22-10-5-4-9-21(22)27-23(28)16-31-25(27)19-7-6-8-20(15-19)26-24(29)18-13-11-17(2)12-14-18/h4-15,25H,3,16H2,1-2H3,(H,26,29)/t25-/m0/s1. The van der Waals surface area contributed by atoms with Gasteiger partial charge in [-0.05, 0) is 55.8 Å². The van der Waals surface area contributed by atoms with Crippen LogP contribution < -0.4 is 15.0 Å². The van der Waals surface area contributed by atoms with Gasteiger partial charge in [0.15, 0.2) is 0 Å². The van der Waals surface area contributed by atoms with Crippen LogP contribution in [0.2, 0.25) is 0 Å². The van der Waals surface area contributed by atoms with E-state index in [0.29, 0.717) is 29.4 Å². The summed E-state index contributed by atoms with van der Waals surface area (Å²) in [7, 11) is 0. The Morgan fingerprint density at radius 3 is 2.65 bits per heavy atom. The van der Waals surface area contributed by atoms with E-state index in [1.54, 1.807) is 16.7 Å². The highest BCUT2D eigenvalue weighted by atomic mass is 32.2. The van der Waals surface area contributed by atoms with Gasteiger partial charge >= 0.3 is 0 Å². The molecule has 0 unspecified atom stereocenters. The normalized spacial score (nSPS) is 15.7. The van der Waals surface area contributed by atoms with Crippen molar-refractivity contribution in [2.75, 3.05) is 22.6 Å². The second-order valence-electron chi connectivity index (χ2n) is 7.27. The van der Waals surface area contributed by atoms with Crippen molar-refractivity contribution in [2.45, 2.75) is 19.2 Å². The van der Waals surface area contributed by atoms with Crippen molar-refractivity contribution in [3.8, 4) is 5.75 Å². The molecule has 158 valence electrons. The van der Waals surface area contributed by atoms with Crippen molar-refractivity contribution >= 4 is 35.0 Å². The van der Waals surface area contributed by atoms with E-state index in [2.05, 4.69) is 5.32 Å². The van der Waals surface area contributed by atoms with Crippen molar-refractivity contribution in [1.82, 2.24) is 0 Å². The van der Waals surface area contributed by atoms with E-state index in [9.17, 15) is 9.59 Å². The number of nitrogens with zero attached hydrogens (tertiary/aromatic N) is 1. The largest absolute Gasteiger partial charge is 0.492 e. The van der Waals surface area contributed by atoms with Crippen LogP contribution in [0.15, 0.2) is 72.8 Å². The first-order valence-electron chi connectivity index (χ1n) is 10.2. The Labute approximate surface area is 186 Å². The molecule has 0 saturated carbocycles. The van der Waals surface area contributed by atoms with E-state index in [1.165, 1.54) is 0 Å². The Hall–Kier alpha value is -3.25.